The number of hydrogen-bond donors (Lipinski definition) is 1. The number of halogens is 2. The summed E-state index contributed by atoms with van der Waals surface area (Å²) in [6, 6.07) is 9.72. The van der Waals surface area contributed by atoms with Gasteiger partial charge in [0.25, 0.3) is 0 Å². The van der Waals surface area contributed by atoms with Gasteiger partial charge in [0.2, 0.25) is 0 Å². The molecule has 0 spiro atoms. The lowest BCUT2D eigenvalue weighted by Gasteiger charge is -2.16. The molecule has 0 atom stereocenters. The lowest BCUT2D eigenvalue weighted by Crippen LogP contribution is -2.21. The molecular weight excluding hydrogens is 472 g/mol. The molecule has 150 valence electrons. The Morgan fingerprint density at radius 3 is 2.97 bits per heavy atom. The average Bonchev–Trinajstić information content (AvgIpc) is 3.35. The number of fused-ring (bicyclic) bond motifs is 1. The fourth-order valence-electron chi connectivity index (χ4n) is 3.08. The zero-order valence-corrected chi connectivity index (χ0v) is 19.0. The fourth-order valence-corrected chi connectivity index (χ4v) is 4.35. The summed E-state index contributed by atoms with van der Waals surface area (Å²) in [5.74, 6) is 0.887. The monoisotopic (exact) mass is 490 g/mol. The summed E-state index contributed by atoms with van der Waals surface area (Å²) < 4.78 is 2.65. The lowest BCUT2D eigenvalue weighted by atomic mass is 10.1. The van der Waals surface area contributed by atoms with Crippen molar-refractivity contribution < 1.29 is 0 Å². The lowest BCUT2D eigenvalue weighted by molar-refractivity contribution is 0.325. The molecule has 0 aliphatic carbocycles. The number of rotatable bonds is 8. The van der Waals surface area contributed by atoms with Crippen LogP contribution in [-0.2, 0) is 6.54 Å². The molecule has 0 saturated heterocycles. The summed E-state index contributed by atoms with van der Waals surface area (Å²) in [5.41, 5.74) is 2.47. The number of anilines is 1. The SMILES string of the molecule is CN(CCCNc1cc(-c2ccccc2Cl)nc2c(Br)cnn12)Cc1nccs1. The Balaban J connectivity index is 1.47. The summed E-state index contributed by atoms with van der Waals surface area (Å²) in [6.45, 7) is 2.67. The Bertz CT molecular complexity index is 1100. The van der Waals surface area contributed by atoms with Gasteiger partial charge in [-0.3, -0.25) is 4.90 Å². The van der Waals surface area contributed by atoms with Crippen LogP contribution in [0.25, 0.3) is 16.9 Å². The van der Waals surface area contributed by atoms with E-state index in [1.807, 2.05) is 46.4 Å². The van der Waals surface area contributed by atoms with E-state index in [2.05, 4.69) is 43.3 Å². The Morgan fingerprint density at radius 2 is 2.17 bits per heavy atom. The molecule has 0 aliphatic rings. The van der Waals surface area contributed by atoms with E-state index in [1.54, 1.807) is 17.5 Å². The first-order valence-corrected chi connectivity index (χ1v) is 11.3. The molecule has 29 heavy (non-hydrogen) atoms. The number of aromatic nitrogens is 4. The second-order valence-electron chi connectivity index (χ2n) is 6.68. The van der Waals surface area contributed by atoms with Crippen LogP contribution in [0.5, 0.6) is 0 Å². The third-order valence-corrected chi connectivity index (χ3v) is 6.14. The molecule has 6 nitrogen and oxygen atoms in total. The molecule has 0 unspecified atom stereocenters. The van der Waals surface area contributed by atoms with Crippen LogP contribution in [0.1, 0.15) is 11.4 Å². The Kier molecular flexibility index (Phi) is 6.44. The number of nitrogens with one attached hydrogen (secondary N) is 1. The van der Waals surface area contributed by atoms with Crippen molar-refractivity contribution in [3.63, 3.8) is 0 Å². The Labute approximate surface area is 186 Å². The molecule has 3 aromatic heterocycles. The van der Waals surface area contributed by atoms with E-state index in [-0.39, 0.29) is 0 Å². The quantitative estimate of drug-likeness (QED) is 0.343. The van der Waals surface area contributed by atoms with E-state index >= 15 is 0 Å². The van der Waals surface area contributed by atoms with Crippen molar-refractivity contribution in [2.45, 2.75) is 13.0 Å². The molecule has 0 aliphatic heterocycles. The topological polar surface area (TPSA) is 58.3 Å². The Morgan fingerprint density at radius 1 is 1.31 bits per heavy atom. The van der Waals surface area contributed by atoms with Gasteiger partial charge < -0.3 is 5.32 Å². The zero-order chi connectivity index (χ0) is 20.2. The summed E-state index contributed by atoms with van der Waals surface area (Å²) >= 11 is 11.6. The first-order valence-electron chi connectivity index (χ1n) is 9.22. The van der Waals surface area contributed by atoms with Crippen LogP contribution in [0.2, 0.25) is 5.02 Å². The van der Waals surface area contributed by atoms with Gasteiger partial charge in [-0.2, -0.15) is 9.61 Å². The fraction of sp³-hybridized carbons (Fsp3) is 0.250. The molecule has 0 fully saturated rings. The highest BCUT2D eigenvalue weighted by molar-refractivity contribution is 9.10. The minimum atomic E-state index is 0.676. The van der Waals surface area contributed by atoms with Gasteiger partial charge in [-0.1, -0.05) is 29.8 Å². The van der Waals surface area contributed by atoms with Gasteiger partial charge in [-0.25, -0.2) is 9.97 Å². The van der Waals surface area contributed by atoms with Crippen LogP contribution in [0, 0.1) is 0 Å². The minimum Gasteiger partial charge on any atom is -0.370 e. The van der Waals surface area contributed by atoms with Gasteiger partial charge in [-0.05, 0) is 42.0 Å². The van der Waals surface area contributed by atoms with Crippen molar-refractivity contribution in [2.75, 3.05) is 25.5 Å². The van der Waals surface area contributed by atoms with Crippen LogP contribution in [0.3, 0.4) is 0 Å². The van der Waals surface area contributed by atoms with E-state index in [1.165, 1.54) is 0 Å². The average molecular weight is 492 g/mol. The van der Waals surface area contributed by atoms with Crippen LogP contribution in [0.4, 0.5) is 5.82 Å². The minimum absolute atomic E-state index is 0.676. The van der Waals surface area contributed by atoms with Gasteiger partial charge in [0, 0.05) is 34.8 Å². The highest BCUT2D eigenvalue weighted by atomic mass is 79.9. The molecular formula is C20H20BrClN6S. The van der Waals surface area contributed by atoms with E-state index in [9.17, 15) is 0 Å². The maximum atomic E-state index is 6.39. The summed E-state index contributed by atoms with van der Waals surface area (Å²) in [7, 11) is 2.12. The van der Waals surface area contributed by atoms with Crippen molar-refractivity contribution in [1.82, 2.24) is 24.5 Å². The largest absolute Gasteiger partial charge is 0.370 e. The highest BCUT2D eigenvalue weighted by Gasteiger charge is 2.13. The first-order chi connectivity index (χ1) is 14.1. The molecule has 9 heteroatoms. The normalized spacial score (nSPS) is 11.4. The molecule has 3 heterocycles. The van der Waals surface area contributed by atoms with E-state index in [4.69, 9.17) is 16.6 Å². The van der Waals surface area contributed by atoms with Crippen molar-refractivity contribution in [3.05, 3.63) is 62.6 Å². The predicted molar refractivity (Wildman–Crippen MR) is 123 cm³/mol. The van der Waals surface area contributed by atoms with Crippen LogP contribution < -0.4 is 5.32 Å². The third kappa shape index (κ3) is 4.78. The van der Waals surface area contributed by atoms with E-state index < -0.39 is 0 Å². The van der Waals surface area contributed by atoms with Gasteiger partial charge in [0.15, 0.2) is 5.65 Å². The first kappa shape index (κ1) is 20.3. The number of hydrogen-bond acceptors (Lipinski definition) is 6. The molecule has 4 aromatic rings. The van der Waals surface area contributed by atoms with E-state index in [0.29, 0.717) is 5.02 Å². The predicted octanol–water partition coefficient (Wildman–Crippen LogP) is 5.20. The molecule has 1 N–H and O–H groups in total. The van der Waals surface area contributed by atoms with E-state index in [0.717, 1.165) is 58.3 Å². The van der Waals surface area contributed by atoms with Gasteiger partial charge in [-0.15, -0.1) is 11.3 Å². The van der Waals surface area contributed by atoms with Crippen LogP contribution in [-0.4, -0.2) is 44.6 Å². The third-order valence-electron chi connectivity index (χ3n) is 4.49. The molecule has 1 aromatic carbocycles. The van der Waals surface area contributed by atoms with Gasteiger partial charge in [0.1, 0.15) is 10.8 Å². The number of thiazole rings is 1. The standard InChI is InChI=1S/C20H20BrClN6S/c1-27(13-19-24-8-10-29-19)9-4-7-23-18-11-17(14-5-2-3-6-16(14)22)26-20-15(21)12-25-28(18)20/h2-3,5-6,8,10-12,23H,4,7,9,13H2,1H3. The Hall–Kier alpha value is -2.00. The van der Waals surface area contributed by atoms with Crippen molar-refractivity contribution >= 4 is 50.3 Å². The smallest absolute Gasteiger partial charge is 0.172 e. The second kappa shape index (κ2) is 9.21. The molecule has 0 radical (unpaired) electrons. The zero-order valence-electron chi connectivity index (χ0n) is 15.8. The van der Waals surface area contributed by atoms with Crippen molar-refractivity contribution in [2.24, 2.45) is 0 Å². The van der Waals surface area contributed by atoms with Crippen LogP contribution >= 0.6 is 38.9 Å². The molecule has 4 rings (SSSR count). The summed E-state index contributed by atoms with van der Waals surface area (Å²) in [5, 5.41) is 11.8. The van der Waals surface area contributed by atoms with Gasteiger partial charge in [0.05, 0.1) is 22.9 Å². The second-order valence-corrected chi connectivity index (χ2v) is 8.92. The molecule has 0 bridgehead atoms. The number of nitrogens with zero attached hydrogens (tertiary/aromatic N) is 5. The van der Waals surface area contributed by atoms with Gasteiger partial charge >= 0.3 is 0 Å². The summed E-state index contributed by atoms with van der Waals surface area (Å²) in [6.07, 6.45) is 4.60. The number of benzene rings is 1. The molecule has 0 amide bonds. The summed E-state index contributed by atoms with van der Waals surface area (Å²) in [4.78, 5) is 11.4. The molecule has 0 saturated carbocycles. The maximum absolute atomic E-state index is 6.39. The van der Waals surface area contributed by atoms with Crippen LogP contribution in [0.15, 0.2) is 52.6 Å². The van der Waals surface area contributed by atoms with Crippen molar-refractivity contribution in [3.8, 4) is 11.3 Å². The highest BCUT2D eigenvalue weighted by Crippen LogP contribution is 2.30. The maximum Gasteiger partial charge on any atom is 0.172 e. The van der Waals surface area contributed by atoms with Crippen molar-refractivity contribution in [1.29, 1.82) is 0 Å².